The molecule has 0 aliphatic carbocycles. The van der Waals surface area contributed by atoms with Gasteiger partial charge in [0, 0.05) is 5.02 Å². The van der Waals surface area contributed by atoms with Crippen molar-refractivity contribution in [2.75, 3.05) is 11.6 Å². The summed E-state index contributed by atoms with van der Waals surface area (Å²) in [5.74, 6) is 5.81. The van der Waals surface area contributed by atoms with Crippen LogP contribution in [0.2, 0.25) is 5.02 Å². The summed E-state index contributed by atoms with van der Waals surface area (Å²) >= 11 is 5.84. The van der Waals surface area contributed by atoms with Gasteiger partial charge >= 0.3 is 0 Å². The number of nitrogen functional groups attached to an aromatic ring is 2. The normalized spacial score (nSPS) is 12.0. The highest BCUT2D eigenvalue weighted by molar-refractivity contribution is 7.92. The van der Waals surface area contributed by atoms with Crippen molar-refractivity contribution in [1.82, 2.24) is 14.6 Å². The van der Waals surface area contributed by atoms with E-state index in [9.17, 15) is 8.42 Å². The van der Waals surface area contributed by atoms with Crippen LogP contribution in [0.1, 0.15) is 0 Å². The summed E-state index contributed by atoms with van der Waals surface area (Å²) in [5, 5.41) is 0.430. The Kier molecular flexibility index (Phi) is 3.34. The lowest BCUT2D eigenvalue weighted by molar-refractivity contribution is 0.597. The lowest BCUT2D eigenvalue weighted by Crippen LogP contribution is -2.13. The summed E-state index contributed by atoms with van der Waals surface area (Å²) in [6.07, 6.45) is 0. The summed E-state index contributed by atoms with van der Waals surface area (Å²) in [7, 11) is -3.95. The Bertz CT molecular complexity index is 1230. The Hall–Kier alpha value is -2.84. The topological polar surface area (TPSA) is 117 Å². The molecule has 0 atom stereocenters. The first-order valence-corrected chi connectivity index (χ1v) is 9.08. The molecule has 2 aromatic carbocycles. The van der Waals surface area contributed by atoms with Crippen molar-refractivity contribution < 1.29 is 8.42 Å². The van der Waals surface area contributed by atoms with Gasteiger partial charge in [-0.05, 0) is 36.4 Å². The zero-order valence-corrected chi connectivity index (χ0v) is 14.3. The van der Waals surface area contributed by atoms with Crippen LogP contribution in [0.4, 0.5) is 5.82 Å². The number of sulfone groups is 1. The monoisotopic (exact) mass is 373 g/mol. The molecule has 0 unspecified atom stereocenters. The van der Waals surface area contributed by atoms with Gasteiger partial charge in [0.2, 0.25) is 9.84 Å². The number of aromatic nitrogens is 3. The van der Waals surface area contributed by atoms with Crippen LogP contribution in [0.3, 0.4) is 0 Å². The van der Waals surface area contributed by atoms with Crippen molar-refractivity contribution >= 4 is 49.5 Å². The molecule has 0 fully saturated rings. The molecule has 4 aromatic rings. The standard InChI is InChI=1S/C16H12ClN5O2S/c17-9-5-7-10(8-6-9)25(23,24)14-13-16(22(19)15(14)18)21-12-4-2-1-3-11(12)20-13/h1-8H,18-19H2. The summed E-state index contributed by atoms with van der Waals surface area (Å²) < 4.78 is 27.2. The van der Waals surface area contributed by atoms with Gasteiger partial charge in [0.05, 0.1) is 15.9 Å². The van der Waals surface area contributed by atoms with E-state index < -0.39 is 9.84 Å². The largest absolute Gasteiger partial charge is 0.382 e. The van der Waals surface area contributed by atoms with Gasteiger partial charge < -0.3 is 11.6 Å². The van der Waals surface area contributed by atoms with Crippen LogP contribution in [0.25, 0.3) is 22.2 Å². The summed E-state index contributed by atoms with van der Waals surface area (Å²) in [6.45, 7) is 0. The third-order valence-electron chi connectivity index (χ3n) is 3.88. The molecular weight excluding hydrogens is 362 g/mol. The van der Waals surface area contributed by atoms with Crippen molar-refractivity contribution in [2.45, 2.75) is 9.79 Å². The molecule has 0 aliphatic rings. The molecule has 2 aromatic heterocycles. The third-order valence-corrected chi connectivity index (χ3v) is 5.96. The molecule has 4 rings (SSSR count). The van der Waals surface area contributed by atoms with Gasteiger partial charge in [-0.15, -0.1) is 0 Å². The SMILES string of the molecule is Nc1c(S(=O)(=O)c2ccc(Cl)cc2)c2nc3ccccc3nc2n1N. The summed E-state index contributed by atoms with van der Waals surface area (Å²) in [6, 6.07) is 12.9. The molecule has 7 nitrogen and oxygen atoms in total. The average Bonchev–Trinajstić information content (AvgIpc) is 2.84. The fourth-order valence-electron chi connectivity index (χ4n) is 2.65. The Morgan fingerprint density at radius 3 is 2.20 bits per heavy atom. The van der Waals surface area contributed by atoms with Crippen LogP contribution < -0.4 is 11.6 Å². The molecule has 2 heterocycles. The van der Waals surface area contributed by atoms with Crippen molar-refractivity contribution in [2.24, 2.45) is 0 Å². The fourth-order valence-corrected chi connectivity index (χ4v) is 4.27. The number of anilines is 1. The number of fused-ring (bicyclic) bond motifs is 2. The predicted octanol–water partition coefficient (Wildman–Crippen LogP) is 2.37. The minimum Gasteiger partial charge on any atom is -0.382 e. The molecule has 0 saturated carbocycles. The first-order valence-electron chi connectivity index (χ1n) is 7.22. The van der Waals surface area contributed by atoms with E-state index in [2.05, 4.69) is 9.97 Å². The number of hydrogen-bond donors (Lipinski definition) is 2. The number of hydrogen-bond acceptors (Lipinski definition) is 6. The van der Waals surface area contributed by atoms with E-state index in [0.29, 0.717) is 16.1 Å². The van der Waals surface area contributed by atoms with E-state index in [0.717, 1.165) is 4.68 Å². The lowest BCUT2D eigenvalue weighted by atomic mass is 10.3. The quantitative estimate of drug-likeness (QED) is 0.521. The van der Waals surface area contributed by atoms with E-state index in [4.69, 9.17) is 23.2 Å². The number of nitrogens with zero attached hydrogens (tertiary/aromatic N) is 3. The number of benzene rings is 2. The maximum Gasteiger partial charge on any atom is 0.212 e. The highest BCUT2D eigenvalue weighted by Crippen LogP contribution is 2.34. The molecule has 0 saturated heterocycles. The van der Waals surface area contributed by atoms with E-state index in [-0.39, 0.29) is 26.8 Å². The zero-order valence-electron chi connectivity index (χ0n) is 12.7. The first-order chi connectivity index (χ1) is 11.9. The number of para-hydroxylation sites is 2. The molecule has 4 N–H and O–H groups in total. The summed E-state index contributed by atoms with van der Waals surface area (Å²) in [4.78, 5) is 8.70. The van der Waals surface area contributed by atoms with E-state index >= 15 is 0 Å². The highest BCUT2D eigenvalue weighted by Gasteiger charge is 2.29. The van der Waals surface area contributed by atoms with E-state index in [1.54, 1.807) is 24.3 Å². The molecule has 0 amide bonds. The highest BCUT2D eigenvalue weighted by atomic mass is 35.5. The number of rotatable bonds is 2. The van der Waals surface area contributed by atoms with Gasteiger partial charge in [-0.25, -0.2) is 23.1 Å². The van der Waals surface area contributed by atoms with Crippen LogP contribution in [-0.4, -0.2) is 23.1 Å². The number of nitrogens with two attached hydrogens (primary N) is 2. The molecule has 9 heteroatoms. The molecule has 0 radical (unpaired) electrons. The average molecular weight is 374 g/mol. The van der Waals surface area contributed by atoms with Gasteiger partial charge in [0.15, 0.2) is 5.65 Å². The second-order valence-electron chi connectivity index (χ2n) is 5.43. The smallest absolute Gasteiger partial charge is 0.212 e. The first kappa shape index (κ1) is 15.7. The zero-order chi connectivity index (χ0) is 17.8. The second kappa shape index (κ2) is 5.33. The predicted molar refractivity (Wildman–Crippen MR) is 96.5 cm³/mol. The minimum absolute atomic E-state index is 0.0473. The molecule has 126 valence electrons. The van der Waals surface area contributed by atoms with Crippen LogP contribution in [0.5, 0.6) is 0 Å². The molecule has 0 spiro atoms. The molecule has 0 aliphatic heterocycles. The van der Waals surface area contributed by atoms with Gasteiger partial charge in [-0.3, -0.25) is 0 Å². The van der Waals surface area contributed by atoms with Crippen molar-refractivity contribution in [3.8, 4) is 0 Å². The third kappa shape index (κ3) is 2.30. The fraction of sp³-hybridized carbons (Fsp3) is 0. The minimum atomic E-state index is -3.95. The number of halogens is 1. The Labute approximate surface area is 147 Å². The Morgan fingerprint density at radius 1 is 0.960 bits per heavy atom. The van der Waals surface area contributed by atoms with Gasteiger partial charge in [0.25, 0.3) is 0 Å². The van der Waals surface area contributed by atoms with Crippen LogP contribution in [0, 0.1) is 0 Å². The molecule has 0 bridgehead atoms. The second-order valence-corrected chi connectivity index (χ2v) is 7.75. The molecular formula is C16H12ClN5O2S. The van der Waals surface area contributed by atoms with Crippen LogP contribution in [-0.2, 0) is 9.84 Å². The van der Waals surface area contributed by atoms with Gasteiger partial charge in [-0.2, -0.15) is 0 Å². The lowest BCUT2D eigenvalue weighted by Gasteiger charge is -2.05. The van der Waals surface area contributed by atoms with Gasteiger partial charge in [-0.1, -0.05) is 23.7 Å². The van der Waals surface area contributed by atoms with Crippen LogP contribution >= 0.6 is 11.6 Å². The summed E-state index contributed by atoms with van der Waals surface area (Å²) in [5.41, 5.74) is 7.46. The van der Waals surface area contributed by atoms with E-state index in [1.165, 1.54) is 24.3 Å². The van der Waals surface area contributed by atoms with Crippen molar-refractivity contribution in [3.63, 3.8) is 0 Å². The van der Waals surface area contributed by atoms with Crippen LogP contribution in [0.15, 0.2) is 58.3 Å². The van der Waals surface area contributed by atoms with Crippen molar-refractivity contribution in [3.05, 3.63) is 53.6 Å². The van der Waals surface area contributed by atoms with Crippen molar-refractivity contribution in [1.29, 1.82) is 0 Å². The van der Waals surface area contributed by atoms with Gasteiger partial charge in [0.1, 0.15) is 16.2 Å². The maximum absolute atomic E-state index is 13.1. The maximum atomic E-state index is 13.1. The Morgan fingerprint density at radius 2 is 1.56 bits per heavy atom. The van der Waals surface area contributed by atoms with E-state index in [1.807, 2.05) is 0 Å². The molecule has 25 heavy (non-hydrogen) atoms. The Balaban J connectivity index is 2.08.